The molecule has 3 heteroatoms. The molecule has 0 fully saturated rings. The van der Waals surface area contributed by atoms with Gasteiger partial charge in [-0.1, -0.05) is 152 Å². The van der Waals surface area contributed by atoms with Crippen LogP contribution in [0.3, 0.4) is 0 Å². The van der Waals surface area contributed by atoms with E-state index in [1.165, 1.54) is 43.4 Å². The second-order valence-corrected chi connectivity index (χ2v) is 13.0. The van der Waals surface area contributed by atoms with E-state index in [1.54, 1.807) is 0 Å². The summed E-state index contributed by atoms with van der Waals surface area (Å²) in [6.45, 7) is 0. The molecule has 3 nitrogen and oxygen atoms in total. The summed E-state index contributed by atoms with van der Waals surface area (Å²) in [5.41, 5.74) is 10.5. The Morgan fingerprint density at radius 1 is 0.333 bits per heavy atom. The van der Waals surface area contributed by atoms with Crippen LogP contribution in [0.15, 0.2) is 188 Å². The maximum Gasteiger partial charge on any atom is 0.160 e. The Labute approximate surface area is 295 Å². The third-order valence-corrected chi connectivity index (χ3v) is 9.95. The zero-order valence-electron chi connectivity index (χ0n) is 27.7. The average molecular weight is 650 g/mol. The molecule has 0 radical (unpaired) electrons. The average Bonchev–Trinajstić information content (AvgIpc) is 3.57. The predicted molar refractivity (Wildman–Crippen MR) is 213 cm³/mol. The molecular weight excluding hydrogens is 619 g/mol. The Morgan fingerprint density at radius 2 is 0.804 bits per heavy atom. The Hall–Kier alpha value is -6.84. The van der Waals surface area contributed by atoms with Crippen LogP contribution in [-0.4, -0.2) is 14.5 Å². The third kappa shape index (κ3) is 4.98. The highest BCUT2D eigenvalue weighted by atomic mass is 15.0. The molecule has 2 heterocycles. The minimum atomic E-state index is 0.702. The fourth-order valence-corrected chi connectivity index (χ4v) is 7.58. The molecule has 2 aromatic heterocycles. The van der Waals surface area contributed by atoms with Crippen LogP contribution < -0.4 is 0 Å². The van der Waals surface area contributed by atoms with E-state index in [0.29, 0.717) is 5.82 Å². The van der Waals surface area contributed by atoms with Gasteiger partial charge < -0.3 is 4.57 Å². The second kappa shape index (κ2) is 11.9. The van der Waals surface area contributed by atoms with Crippen molar-refractivity contribution in [1.29, 1.82) is 0 Å². The number of aromatic nitrogens is 3. The molecule has 0 unspecified atom stereocenters. The van der Waals surface area contributed by atoms with E-state index in [0.717, 1.165) is 44.9 Å². The molecule has 0 aliphatic heterocycles. The van der Waals surface area contributed by atoms with Crippen LogP contribution in [0.5, 0.6) is 0 Å². The number of benzene rings is 8. The molecule has 238 valence electrons. The quantitative estimate of drug-likeness (QED) is 0.186. The van der Waals surface area contributed by atoms with E-state index >= 15 is 0 Å². The first-order valence-electron chi connectivity index (χ1n) is 17.3. The Kier molecular flexibility index (Phi) is 6.81. The molecule has 51 heavy (non-hydrogen) atoms. The molecule has 0 bridgehead atoms. The number of nitrogens with zero attached hydrogens (tertiary/aromatic N) is 3. The highest BCUT2D eigenvalue weighted by molar-refractivity contribution is 6.28. The number of hydrogen-bond donors (Lipinski definition) is 0. The summed E-state index contributed by atoms with van der Waals surface area (Å²) in [6, 6.07) is 66.8. The van der Waals surface area contributed by atoms with Gasteiger partial charge in [0.25, 0.3) is 0 Å². The number of hydrogen-bond acceptors (Lipinski definition) is 2. The van der Waals surface area contributed by atoms with Crippen LogP contribution >= 0.6 is 0 Å². The smallest absolute Gasteiger partial charge is 0.160 e. The molecule has 0 amide bonds. The maximum absolute atomic E-state index is 5.24. The van der Waals surface area contributed by atoms with Gasteiger partial charge >= 0.3 is 0 Å². The Morgan fingerprint density at radius 3 is 1.39 bits per heavy atom. The predicted octanol–water partition coefficient (Wildman–Crippen LogP) is 12.5. The van der Waals surface area contributed by atoms with E-state index in [2.05, 4.69) is 168 Å². The van der Waals surface area contributed by atoms with Crippen molar-refractivity contribution in [3.8, 4) is 50.7 Å². The van der Waals surface area contributed by atoms with E-state index in [1.807, 2.05) is 24.3 Å². The zero-order chi connectivity index (χ0) is 33.7. The number of fused-ring (bicyclic) bond motifs is 7. The SMILES string of the molecule is c1ccc(-c2cc(-c3cc(-c4ccccc4)nc(-c4ccccc4)n3)cc(-n3c4ccc5ccccc5c4c4c5ccccc5ccc43)c2)cc1. The van der Waals surface area contributed by atoms with Crippen molar-refractivity contribution >= 4 is 43.4 Å². The van der Waals surface area contributed by atoms with Crippen LogP contribution in [0.4, 0.5) is 0 Å². The van der Waals surface area contributed by atoms with Crippen molar-refractivity contribution in [2.24, 2.45) is 0 Å². The molecule has 0 atom stereocenters. The lowest BCUT2D eigenvalue weighted by molar-refractivity contribution is 1.17. The van der Waals surface area contributed by atoms with Gasteiger partial charge in [-0.3, -0.25) is 0 Å². The lowest BCUT2D eigenvalue weighted by atomic mass is 9.99. The number of rotatable bonds is 5. The molecule has 0 spiro atoms. The minimum Gasteiger partial charge on any atom is -0.309 e. The van der Waals surface area contributed by atoms with Crippen LogP contribution in [0, 0.1) is 0 Å². The standard InChI is InChI=1S/C48H31N3/c1-4-14-32(15-5-1)37-28-38(43-31-42(35-18-6-2-7-19-35)49-48(50-43)36-20-8-3-9-21-36)30-39(29-37)51-44-26-24-33-16-10-12-22-40(33)46(44)47-41-23-13-11-17-34(41)25-27-45(47)51/h1-31H. The Bertz CT molecular complexity index is 2740. The van der Waals surface area contributed by atoms with E-state index < -0.39 is 0 Å². The van der Waals surface area contributed by atoms with Gasteiger partial charge in [0.15, 0.2) is 5.82 Å². The fraction of sp³-hybridized carbons (Fsp3) is 0. The molecule has 0 aliphatic carbocycles. The molecule has 0 saturated heterocycles. The summed E-state index contributed by atoms with van der Waals surface area (Å²) in [5, 5.41) is 7.52. The van der Waals surface area contributed by atoms with Crippen LogP contribution in [0.2, 0.25) is 0 Å². The largest absolute Gasteiger partial charge is 0.309 e. The summed E-state index contributed by atoms with van der Waals surface area (Å²) in [7, 11) is 0. The van der Waals surface area contributed by atoms with E-state index in [9.17, 15) is 0 Å². The first-order chi connectivity index (χ1) is 25.3. The molecular formula is C48H31N3. The van der Waals surface area contributed by atoms with Gasteiger partial charge in [-0.25, -0.2) is 9.97 Å². The first-order valence-corrected chi connectivity index (χ1v) is 17.3. The highest BCUT2D eigenvalue weighted by Gasteiger charge is 2.19. The summed E-state index contributed by atoms with van der Waals surface area (Å²) in [6.07, 6.45) is 0. The van der Waals surface area contributed by atoms with Crippen LogP contribution in [0.25, 0.3) is 94.1 Å². The van der Waals surface area contributed by atoms with Crippen LogP contribution in [-0.2, 0) is 0 Å². The van der Waals surface area contributed by atoms with Crippen molar-refractivity contribution in [3.63, 3.8) is 0 Å². The summed E-state index contributed by atoms with van der Waals surface area (Å²) >= 11 is 0. The Balaban J connectivity index is 1.30. The molecule has 10 aromatic rings. The lowest BCUT2D eigenvalue weighted by Crippen LogP contribution is -1.99. The summed E-state index contributed by atoms with van der Waals surface area (Å²) in [4.78, 5) is 10.3. The molecule has 8 aromatic carbocycles. The van der Waals surface area contributed by atoms with Crippen molar-refractivity contribution < 1.29 is 0 Å². The van der Waals surface area contributed by atoms with Crippen molar-refractivity contribution in [3.05, 3.63) is 188 Å². The normalized spacial score (nSPS) is 11.5. The highest BCUT2D eigenvalue weighted by Crippen LogP contribution is 2.42. The monoisotopic (exact) mass is 649 g/mol. The lowest BCUT2D eigenvalue weighted by Gasteiger charge is -2.15. The minimum absolute atomic E-state index is 0.702. The maximum atomic E-state index is 5.24. The van der Waals surface area contributed by atoms with E-state index in [4.69, 9.17) is 9.97 Å². The zero-order valence-corrected chi connectivity index (χ0v) is 27.7. The van der Waals surface area contributed by atoms with Gasteiger partial charge in [-0.2, -0.15) is 0 Å². The van der Waals surface area contributed by atoms with Crippen molar-refractivity contribution in [2.45, 2.75) is 0 Å². The van der Waals surface area contributed by atoms with Crippen molar-refractivity contribution in [1.82, 2.24) is 14.5 Å². The summed E-state index contributed by atoms with van der Waals surface area (Å²) in [5.74, 6) is 0.702. The van der Waals surface area contributed by atoms with Gasteiger partial charge in [0.1, 0.15) is 0 Å². The summed E-state index contributed by atoms with van der Waals surface area (Å²) < 4.78 is 2.44. The molecule has 0 aliphatic rings. The fourth-order valence-electron chi connectivity index (χ4n) is 7.58. The first kappa shape index (κ1) is 29.1. The second-order valence-electron chi connectivity index (χ2n) is 13.0. The van der Waals surface area contributed by atoms with E-state index in [-0.39, 0.29) is 0 Å². The molecule has 0 saturated carbocycles. The molecule has 10 rings (SSSR count). The van der Waals surface area contributed by atoms with Gasteiger partial charge in [-0.05, 0) is 69.1 Å². The van der Waals surface area contributed by atoms with Gasteiger partial charge in [0, 0.05) is 33.2 Å². The third-order valence-electron chi connectivity index (χ3n) is 9.95. The van der Waals surface area contributed by atoms with Crippen LogP contribution in [0.1, 0.15) is 0 Å². The van der Waals surface area contributed by atoms with Gasteiger partial charge in [0.2, 0.25) is 0 Å². The topological polar surface area (TPSA) is 30.7 Å². The van der Waals surface area contributed by atoms with Gasteiger partial charge in [0.05, 0.1) is 22.4 Å². The molecule has 0 N–H and O–H groups in total. The van der Waals surface area contributed by atoms with Gasteiger partial charge in [-0.15, -0.1) is 0 Å². The van der Waals surface area contributed by atoms with Crippen molar-refractivity contribution in [2.75, 3.05) is 0 Å².